The fourth-order valence-corrected chi connectivity index (χ4v) is 4.52. The molecule has 0 aliphatic carbocycles. The fourth-order valence-electron chi connectivity index (χ4n) is 4.52. The first-order valence-electron chi connectivity index (χ1n) is 12.9. The van der Waals surface area contributed by atoms with E-state index < -0.39 is 5.97 Å². The lowest BCUT2D eigenvalue weighted by atomic mass is 9.79. The quantitative estimate of drug-likeness (QED) is 0.185. The lowest BCUT2D eigenvalue weighted by Crippen LogP contribution is -2.19. The van der Waals surface area contributed by atoms with Gasteiger partial charge in [0.15, 0.2) is 0 Å². The van der Waals surface area contributed by atoms with Gasteiger partial charge in [0.05, 0.1) is 0 Å². The van der Waals surface area contributed by atoms with Gasteiger partial charge in [-0.2, -0.15) is 0 Å². The summed E-state index contributed by atoms with van der Waals surface area (Å²) in [5.41, 5.74) is 0. The van der Waals surface area contributed by atoms with E-state index in [9.17, 15) is 9.90 Å². The Morgan fingerprint density at radius 2 is 0.893 bits per heavy atom. The zero-order chi connectivity index (χ0) is 20.9. The largest absolute Gasteiger partial charge is 0.481 e. The van der Waals surface area contributed by atoms with Gasteiger partial charge in [0, 0.05) is 6.42 Å². The third kappa shape index (κ3) is 17.6. The van der Waals surface area contributed by atoms with Crippen LogP contribution in [0.25, 0.3) is 0 Å². The first-order chi connectivity index (χ1) is 13.7. The van der Waals surface area contributed by atoms with Crippen molar-refractivity contribution < 1.29 is 9.90 Å². The SMILES string of the molecule is CCCCCCCCCCCCCCC(CCCC)C(CCCC)CC(=O)O. The number of carboxylic acid groups (broad SMARTS) is 1. The number of carbonyl (C=O) groups is 1. The van der Waals surface area contributed by atoms with Crippen LogP contribution in [0.2, 0.25) is 0 Å². The van der Waals surface area contributed by atoms with E-state index in [2.05, 4.69) is 20.8 Å². The first kappa shape index (κ1) is 27.5. The molecule has 2 unspecified atom stereocenters. The number of aliphatic carboxylic acids is 1. The molecule has 0 aliphatic rings. The molecule has 2 heteroatoms. The Morgan fingerprint density at radius 1 is 0.536 bits per heavy atom. The van der Waals surface area contributed by atoms with E-state index >= 15 is 0 Å². The zero-order valence-corrected chi connectivity index (χ0v) is 19.7. The Morgan fingerprint density at radius 3 is 1.32 bits per heavy atom. The van der Waals surface area contributed by atoms with Crippen molar-refractivity contribution in [2.45, 2.75) is 149 Å². The molecule has 0 heterocycles. The molecule has 0 rings (SSSR count). The van der Waals surface area contributed by atoms with Gasteiger partial charge < -0.3 is 5.11 Å². The number of hydrogen-bond donors (Lipinski definition) is 1. The summed E-state index contributed by atoms with van der Waals surface area (Å²) in [5.74, 6) is 0.430. The monoisotopic (exact) mass is 396 g/mol. The molecule has 0 aromatic carbocycles. The van der Waals surface area contributed by atoms with Crippen LogP contribution >= 0.6 is 0 Å². The molecule has 168 valence electrons. The van der Waals surface area contributed by atoms with Crippen LogP contribution in [0.1, 0.15) is 149 Å². The Bertz CT molecular complexity index is 326. The van der Waals surface area contributed by atoms with Crippen molar-refractivity contribution in [1.82, 2.24) is 0 Å². The van der Waals surface area contributed by atoms with Gasteiger partial charge in [0.25, 0.3) is 0 Å². The highest BCUT2D eigenvalue weighted by Gasteiger charge is 2.22. The van der Waals surface area contributed by atoms with Crippen molar-refractivity contribution in [3.63, 3.8) is 0 Å². The molecule has 0 radical (unpaired) electrons. The van der Waals surface area contributed by atoms with E-state index in [1.807, 2.05) is 0 Å². The van der Waals surface area contributed by atoms with Crippen molar-refractivity contribution in [2.75, 3.05) is 0 Å². The Kier molecular flexibility index (Phi) is 20.8. The van der Waals surface area contributed by atoms with Crippen LogP contribution < -0.4 is 0 Å². The van der Waals surface area contributed by atoms with Crippen molar-refractivity contribution in [2.24, 2.45) is 11.8 Å². The molecule has 28 heavy (non-hydrogen) atoms. The van der Waals surface area contributed by atoms with Crippen LogP contribution in [-0.4, -0.2) is 11.1 Å². The van der Waals surface area contributed by atoms with Gasteiger partial charge in [0.1, 0.15) is 0 Å². The van der Waals surface area contributed by atoms with Crippen LogP contribution in [0.4, 0.5) is 0 Å². The molecule has 0 fully saturated rings. The summed E-state index contributed by atoms with van der Waals surface area (Å²) in [7, 11) is 0. The van der Waals surface area contributed by atoms with Crippen LogP contribution in [0, 0.1) is 11.8 Å². The molecule has 2 nitrogen and oxygen atoms in total. The number of hydrogen-bond acceptors (Lipinski definition) is 1. The topological polar surface area (TPSA) is 37.3 Å². The maximum Gasteiger partial charge on any atom is 0.303 e. The second kappa shape index (κ2) is 21.2. The van der Waals surface area contributed by atoms with Gasteiger partial charge in [-0.25, -0.2) is 0 Å². The van der Waals surface area contributed by atoms with Crippen LogP contribution in [0.5, 0.6) is 0 Å². The Balaban J connectivity index is 3.93. The average Bonchev–Trinajstić information content (AvgIpc) is 2.68. The summed E-state index contributed by atoms with van der Waals surface area (Å²) in [6.07, 6.45) is 25.5. The molecule has 0 saturated carbocycles. The highest BCUT2D eigenvalue weighted by molar-refractivity contribution is 5.67. The van der Waals surface area contributed by atoms with Crippen molar-refractivity contribution in [3.05, 3.63) is 0 Å². The molecule has 1 N–H and O–H groups in total. The fraction of sp³-hybridized carbons (Fsp3) is 0.962. The molecule has 2 atom stereocenters. The molecule has 0 spiro atoms. The second-order valence-corrected chi connectivity index (χ2v) is 9.08. The van der Waals surface area contributed by atoms with Gasteiger partial charge in [-0.3, -0.25) is 4.79 Å². The third-order valence-electron chi connectivity index (χ3n) is 6.39. The molecule has 0 bridgehead atoms. The normalized spacial score (nSPS) is 13.5. The van der Waals surface area contributed by atoms with Crippen molar-refractivity contribution >= 4 is 5.97 Å². The first-order valence-corrected chi connectivity index (χ1v) is 12.9. The maximum absolute atomic E-state index is 11.3. The second-order valence-electron chi connectivity index (χ2n) is 9.08. The molecule has 0 aromatic heterocycles. The Labute approximate surface area is 177 Å². The van der Waals surface area contributed by atoms with Crippen LogP contribution in [0.15, 0.2) is 0 Å². The minimum absolute atomic E-state index is 0.382. The van der Waals surface area contributed by atoms with Gasteiger partial charge in [-0.15, -0.1) is 0 Å². The van der Waals surface area contributed by atoms with Gasteiger partial charge in [0.2, 0.25) is 0 Å². The Hall–Kier alpha value is -0.530. The van der Waals surface area contributed by atoms with Crippen molar-refractivity contribution in [3.8, 4) is 0 Å². The summed E-state index contributed by atoms with van der Waals surface area (Å²) < 4.78 is 0. The highest BCUT2D eigenvalue weighted by atomic mass is 16.4. The molecular formula is C26H52O2. The molecule has 0 saturated heterocycles. The minimum atomic E-state index is -0.600. The summed E-state index contributed by atoms with van der Waals surface area (Å²) >= 11 is 0. The van der Waals surface area contributed by atoms with E-state index in [-0.39, 0.29) is 0 Å². The van der Waals surface area contributed by atoms with E-state index in [4.69, 9.17) is 0 Å². The lowest BCUT2D eigenvalue weighted by molar-refractivity contribution is -0.138. The number of rotatable bonds is 22. The van der Waals surface area contributed by atoms with Crippen molar-refractivity contribution in [1.29, 1.82) is 0 Å². The maximum atomic E-state index is 11.3. The zero-order valence-electron chi connectivity index (χ0n) is 19.7. The van der Waals surface area contributed by atoms with Crippen LogP contribution in [-0.2, 0) is 4.79 Å². The lowest BCUT2D eigenvalue weighted by Gasteiger charge is -2.26. The van der Waals surface area contributed by atoms with Gasteiger partial charge >= 0.3 is 5.97 Å². The van der Waals surface area contributed by atoms with E-state index in [0.717, 1.165) is 6.42 Å². The highest BCUT2D eigenvalue weighted by Crippen LogP contribution is 2.31. The predicted molar refractivity (Wildman–Crippen MR) is 124 cm³/mol. The summed E-state index contributed by atoms with van der Waals surface area (Å²) in [6, 6.07) is 0. The van der Waals surface area contributed by atoms with E-state index in [1.165, 1.54) is 116 Å². The average molecular weight is 397 g/mol. The molecular weight excluding hydrogens is 344 g/mol. The summed E-state index contributed by atoms with van der Waals surface area (Å²) in [4.78, 5) is 11.3. The number of carboxylic acids is 1. The summed E-state index contributed by atoms with van der Waals surface area (Å²) in [6.45, 7) is 6.74. The summed E-state index contributed by atoms with van der Waals surface area (Å²) in [5, 5.41) is 9.33. The third-order valence-corrected chi connectivity index (χ3v) is 6.39. The van der Waals surface area contributed by atoms with Crippen LogP contribution in [0.3, 0.4) is 0 Å². The minimum Gasteiger partial charge on any atom is -0.481 e. The van der Waals surface area contributed by atoms with E-state index in [1.54, 1.807) is 0 Å². The standard InChI is InChI=1S/C26H52O2/c1-4-7-10-11-12-13-14-15-16-17-18-19-22-24(20-8-5-2)25(21-9-6-3)23-26(27)28/h24-25H,4-23H2,1-3H3,(H,27,28). The molecule has 0 aliphatic heterocycles. The smallest absolute Gasteiger partial charge is 0.303 e. The number of unbranched alkanes of at least 4 members (excludes halogenated alkanes) is 13. The van der Waals surface area contributed by atoms with Gasteiger partial charge in [-0.1, -0.05) is 136 Å². The predicted octanol–water partition coefficient (Wildman–Crippen LogP) is 9.17. The molecule has 0 aromatic rings. The van der Waals surface area contributed by atoms with Gasteiger partial charge in [-0.05, 0) is 18.3 Å². The van der Waals surface area contributed by atoms with E-state index in [0.29, 0.717) is 18.3 Å². The molecule has 0 amide bonds.